The van der Waals surface area contributed by atoms with Gasteiger partial charge in [0.15, 0.2) is 5.65 Å². The van der Waals surface area contributed by atoms with Gasteiger partial charge in [-0.3, -0.25) is 4.90 Å². The van der Waals surface area contributed by atoms with E-state index in [-0.39, 0.29) is 0 Å². The highest BCUT2D eigenvalue weighted by atomic mass is 16.5. The molecular formula is C13H20N6O. The van der Waals surface area contributed by atoms with Gasteiger partial charge in [0.05, 0.1) is 6.33 Å². The Morgan fingerprint density at radius 1 is 1.35 bits per heavy atom. The average Bonchev–Trinajstić information content (AvgIpc) is 3.09. The van der Waals surface area contributed by atoms with Gasteiger partial charge in [-0.15, -0.1) is 0 Å². The van der Waals surface area contributed by atoms with E-state index >= 15 is 0 Å². The highest BCUT2D eigenvalue weighted by Gasteiger charge is 2.13. The summed E-state index contributed by atoms with van der Waals surface area (Å²) in [6.07, 6.45) is 4.20. The summed E-state index contributed by atoms with van der Waals surface area (Å²) in [6, 6.07) is 0. The smallest absolute Gasteiger partial charge is 0.245 e. The van der Waals surface area contributed by atoms with Crippen molar-refractivity contribution < 1.29 is 4.74 Å². The molecule has 0 radical (unpaired) electrons. The Morgan fingerprint density at radius 2 is 2.20 bits per heavy atom. The number of aromatic nitrogens is 4. The first-order valence-electron chi connectivity index (χ1n) is 7.17. The van der Waals surface area contributed by atoms with Crippen LogP contribution in [0.3, 0.4) is 0 Å². The monoisotopic (exact) mass is 276 g/mol. The van der Waals surface area contributed by atoms with Crippen LogP contribution in [0.1, 0.15) is 19.8 Å². The molecule has 1 fully saturated rings. The van der Waals surface area contributed by atoms with E-state index in [4.69, 9.17) is 4.74 Å². The molecule has 2 N–H and O–H groups in total. The Kier molecular flexibility index (Phi) is 3.96. The minimum atomic E-state index is 0.559. The molecular weight excluding hydrogens is 256 g/mol. The number of aromatic amines is 1. The highest BCUT2D eigenvalue weighted by Crippen LogP contribution is 2.20. The number of rotatable bonds is 6. The number of hydrogen-bond acceptors (Lipinski definition) is 6. The van der Waals surface area contributed by atoms with Gasteiger partial charge in [0, 0.05) is 13.1 Å². The van der Waals surface area contributed by atoms with Crippen LogP contribution in [0, 0.1) is 0 Å². The van der Waals surface area contributed by atoms with Crippen molar-refractivity contribution in [3.63, 3.8) is 0 Å². The van der Waals surface area contributed by atoms with Gasteiger partial charge in [-0.25, -0.2) is 4.98 Å². The second kappa shape index (κ2) is 6.04. The predicted octanol–water partition coefficient (Wildman–Crippen LogP) is 1.26. The van der Waals surface area contributed by atoms with E-state index in [1.54, 1.807) is 6.33 Å². The molecule has 0 amide bonds. The Hall–Kier alpha value is -1.89. The summed E-state index contributed by atoms with van der Waals surface area (Å²) in [5.41, 5.74) is 1.39. The summed E-state index contributed by atoms with van der Waals surface area (Å²) in [7, 11) is 0. The molecule has 0 saturated carbocycles. The fourth-order valence-electron chi connectivity index (χ4n) is 2.43. The van der Waals surface area contributed by atoms with Gasteiger partial charge >= 0.3 is 0 Å². The van der Waals surface area contributed by atoms with Crippen molar-refractivity contribution in [2.45, 2.75) is 19.8 Å². The predicted molar refractivity (Wildman–Crippen MR) is 77.0 cm³/mol. The molecule has 1 saturated heterocycles. The van der Waals surface area contributed by atoms with Crippen molar-refractivity contribution in [3.8, 4) is 5.88 Å². The third-order valence-electron chi connectivity index (χ3n) is 3.43. The van der Waals surface area contributed by atoms with Gasteiger partial charge < -0.3 is 15.0 Å². The van der Waals surface area contributed by atoms with Crippen molar-refractivity contribution in [1.29, 1.82) is 0 Å². The molecule has 2 aromatic rings. The average molecular weight is 276 g/mol. The Morgan fingerprint density at radius 3 is 3.00 bits per heavy atom. The normalized spacial score (nSPS) is 15.8. The van der Waals surface area contributed by atoms with Crippen LogP contribution in [0.5, 0.6) is 5.88 Å². The molecule has 7 nitrogen and oxygen atoms in total. The fraction of sp³-hybridized carbons (Fsp3) is 0.615. The maximum Gasteiger partial charge on any atom is 0.245 e. The van der Waals surface area contributed by atoms with Gasteiger partial charge in [0.1, 0.15) is 12.1 Å². The maximum absolute atomic E-state index is 5.82. The van der Waals surface area contributed by atoms with E-state index in [2.05, 4.69) is 30.2 Å². The summed E-state index contributed by atoms with van der Waals surface area (Å²) in [5, 5.41) is 3.09. The minimum absolute atomic E-state index is 0.559. The summed E-state index contributed by atoms with van der Waals surface area (Å²) < 4.78 is 5.82. The number of anilines is 1. The molecule has 3 rings (SSSR count). The standard InChI is InChI=1S/C13H20N6O/c1-2-14-13-17-11-10(15-9-16-11)12(18-13)20-8-7-19-5-3-4-6-19/h9H,2-8H2,1H3,(H2,14,15,16,17,18). The molecule has 7 heteroatoms. The molecule has 0 atom stereocenters. The fourth-order valence-corrected chi connectivity index (χ4v) is 2.43. The first kappa shape index (κ1) is 13.1. The lowest BCUT2D eigenvalue weighted by Crippen LogP contribution is -2.25. The minimum Gasteiger partial charge on any atom is -0.475 e. The van der Waals surface area contributed by atoms with Crippen LogP contribution in [-0.4, -0.2) is 57.6 Å². The lowest BCUT2D eigenvalue weighted by Gasteiger charge is -2.14. The zero-order valence-corrected chi connectivity index (χ0v) is 11.7. The summed E-state index contributed by atoms with van der Waals surface area (Å²) in [6.45, 7) is 6.70. The molecule has 3 heterocycles. The highest BCUT2D eigenvalue weighted by molar-refractivity contribution is 5.76. The van der Waals surface area contributed by atoms with Crippen molar-refractivity contribution >= 4 is 17.1 Å². The summed E-state index contributed by atoms with van der Waals surface area (Å²) >= 11 is 0. The van der Waals surface area contributed by atoms with Crippen molar-refractivity contribution in [1.82, 2.24) is 24.8 Å². The number of nitrogens with zero attached hydrogens (tertiary/aromatic N) is 4. The van der Waals surface area contributed by atoms with E-state index in [1.165, 1.54) is 25.9 Å². The van der Waals surface area contributed by atoms with Gasteiger partial charge in [-0.2, -0.15) is 9.97 Å². The van der Waals surface area contributed by atoms with Gasteiger partial charge in [0.25, 0.3) is 0 Å². The Bertz CT molecular complexity index is 563. The number of likely N-dealkylation sites (tertiary alicyclic amines) is 1. The number of imidazole rings is 1. The number of nitrogens with one attached hydrogen (secondary N) is 2. The van der Waals surface area contributed by atoms with E-state index in [1.807, 2.05) is 6.92 Å². The first-order chi connectivity index (χ1) is 9.86. The van der Waals surface area contributed by atoms with E-state index in [0.29, 0.717) is 24.1 Å². The molecule has 2 aromatic heterocycles. The molecule has 0 spiro atoms. The molecule has 108 valence electrons. The molecule has 1 aliphatic heterocycles. The zero-order chi connectivity index (χ0) is 13.8. The third kappa shape index (κ3) is 2.82. The molecule has 20 heavy (non-hydrogen) atoms. The van der Waals surface area contributed by atoms with Crippen LogP contribution in [-0.2, 0) is 0 Å². The molecule has 0 aromatic carbocycles. The number of fused-ring (bicyclic) bond motifs is 1. The van der Waals surface area contributed by atoms with E-state index in [0.717, 1.165) is 18.6 Å². The summed E-state index contributed by atoms with van der Waals surface area (Å²) in [4.78, 5) is 18.3. The Balaban J connectivity index is 1.69. The second-order valence-corrected chi connectivity index (χ2v) is 4.88. The Labute approximate surface area is 117 Å². The van der Waals surface area contributed by atoms with Gasteiger partial charge in [0.2, 0.25) is 11.8 Å². The lowest BCUT2D eigenvalue weighted by atomic mass is 10.4. The van der Waals surface area contributed by atoms with Crippen LogP contribution < -0.4 is 10.1 Å². The number of hydrogen-bond donors (Lipinski definition) is 2. The van der Waals surface area contributed by atoms with Crippen molar-refractivity contribution in [3.05, 3.63) is 6.33 Å². The van der Waals surface area contributed by atoms with Crippen LogP contribution in [0.25, 0.3) is 11.2 Å². The van der Waals surface area contributed by atoms with Gasteiger partial charge in [-0.1, -0.05) is 0 Å². The third-order valence-corrected chi connectivity index (χ3v) is 3.43. The van der Waals surface area contributed by atoms with E-state index < -0.39 is 0 Å². The van der Waals surface area contributed by atoms with Crippen LogP contribution in [0.15, 0.2) is 6.33 Å². The lowest BCUT2D eigenvalue weighted by molar-refractivity contribution is 0.234. The first-order valence-corrected chi connectivity index (χ1v) is 7.17. The van der Waals surface area contributed by atoms with Crippen LogP contribution >= 0.6 is 0 Å². The van der Waals surface area contributed by atoms with E-state index in [9.17, 15) is 0 Å². The quantitative estimate of drug-likeness (QED) is 0.827. The molecule has 0 bridgehead atoms. The SMILES string of the molecule is CCNc1nc(OCCN2CCCC2)c2[nH]cnc2n1. The number of ether oxygens (including phenoxy) is 1. The maximum atomic E-state index is 5.82. The van der Waals surface area contributed by atoms with Crippen molar-refractivity contribution in [2.75, 3.05) is 38.1 Å². The van der Waals surface area contributed by atoms with Gasteiger partial charge in [-0.05, 0) is 32.9 Å². The van der Waals surface area contributed by atoms with Crippen LogP contribution in [0.4, 0.5) is 5.95 Å². The summed E-state index contributed by atoms with van der Waals surface area (Å²) in [5.74, 6) is 1.13. The molecule has 0 unspecified atom stereocenters. The van der Waals surface area contributed by atoms with Crippen molar-refractivity contribution in [2.24, 2.45) is 0 Å². The number of H-pyrrole nitrogens is 1. The second-order valence-electron chi connectivity index (χ2n) is 4.88. The largest absolute Gasteiger partial charge is 0.475 e. The molecule has 0 aliphatic carbocycles. The molecule has 1 aliphatic rings. The topological polar surface area (TPSA) is 79.0 Å². The zero-order valence-electron chi connectivity index (χ0n) is 11.7. The van der Waals surface area contributed by atoms with Crippen LogP contribution in [0.2, 0.25) is 0 Å².